The lowest BCUT2D eigenvalue weighted by atomic mass is 9.78. The third-order valence-corrected chi connectivity index (χ3v) is 8.78. The Balaban J connectivity index is 1.46. The van der Waals surface area contributed by atoms with E-state index in [9.17, 15) is 14.4 Å². The molecule has 0 unspecified atom stereocenters. The van der Waals surface area contributed by atoms with Crippen LogP contribution in [0.4, 0.5) is 5.69 Å². The Morgan fingerprint density at radius 1 is 0.848 bits per heavy atom. The predicted octanol–water partition coefficient (Wildman–Crippen LogP) is 4.82. The van der Waals surface area contributed by atoms with Gasteiger partial charge in [0.15, 0.2) is 17.3 Å². The molecule has 2 aliphatic heterocycles. The highest BCUT2D eigenvalue weighted by atomic mass is 32.2. The lowest BCUT2D eigenvalue weighted by Gasteiger charge is -2.31. The molecule has 1 aliphatic carbocycles. The summed E-state index contributed by atoms with van der Waals surface area (Å²) in [4.78, 5) is 44.9. The fraction of sp³-hybridized carbons (Fsp3) is 0.250. The second-order valence-corrected chi connectivity index (χ2v) is 10.5. The first-order chi connectivity index (χ1) is 16.0. The second-order valence-electron chi connectivity index (χ2n) is 9.33. The molecule has 3 aliphatic rings. The number of fused-ring (bicyclic) bond motifs is 5. The van der Waals surface area contributed by atoms with Crippen molar-refractivity contribution < 1.29 is 14.4 Å². The van der Waals surface area contributed by atoms with E-state index in [-0.39, 0.29) is 22.7 Å². The van der Waals surface area contributed by atoms with E-state index in [0.29, 0.717) is 12.0 Å². The minimum atomic E-state index is -1.12. The Kier molecular flexibility index (Phi) is 4.59. The molecule has 6 rings (SSSR count). The van der Waals surface area contributed by atoms with Crippen LogP contribution in [-0.4, -0.2) is 28.8 Å². The molecule has 1 saturated heterocycles. The number of Topliss-reactive ketones (excluding diaryl/α,β-unsaturated/α-hetero) is 3. The molecule has 0 bridgehead atoms. The minimum absolute atomic E-state index is 0.0278. The second kappa shape index (κ2) is 7.42. The van der Waals surface area contributed by atoms with Crippen molar-refractivity contribution in [3.63, 3.8) is 0 Å². The SMILES string of the molecule is C[C@@]1(Cc2ccccc2)C(=O)[C@@H]2[C@H](C1=O)[C@@H]1Sc3ccccc3N1[C@H]2C(=O)c1ccccc1. The van der Waals surface area contributed by atoms with Crippen molar-refractivity contribution in [3.8, 4) is 0 Å². The summed E-state index contributed by atoms with van der Waals surface area (Å²) in [5.74, 6) is -1.34. The van der Waals surface area contributed by atoms with Gasteiger partial charge in [0.25, 0.3) is 0 Å². The average molecular weight is 454 g/mol. The number of ketones is 3. The van der Waals surface area contributed by atoms with Gasteiger partial charge in [-0.15, -0.1) is 0 Å². The molecule has 5 atom stereocenters. The van der Waals surface area contributed by atoms with Gasteiger partial charge in [0, 0.05) is 10.5 Å². The van der Waals surface area contributed by atoms with E-state index in [4.69, 9.17) is 0 Å². The van der Waals surface area contributed by atoms with Crippen LogP contribution in [0.5, 0.6) is 0 Å². The molecule has 164 valence electrons. The Labute approximate surface area is 197 Å². The molecule has 0 spiro atoms. The number of para-hydroxylation sites is 1. The van der Waals surface area contributed by atoms with Crippen LogP contribution in [-0.2, 0) is 16.0 Å². The summed E-state index contributed by atoms with van der Waals surface area (Å²) in [6, 6.07) is 26.1. The molecule has 2 fully saturated rings. The van der Waals surface area contributed by atoms with Gasteiger partial charge < -0.3 is 4.90 Å². The van der Waals surface area contributed by atoms with E-state index in [1.54, 1.807) is 30.8 Å². The summed E-state index contributed by atoms with van der Waals surface area (Å²) in [7, 11) is 0. The summed E-state index contributed by atoms with van der Waals surface area (Å²) < 4.78 is 0. The lowest BCUT2D eigenvalue weighted by Crippen LogP contribution is -2.46. The van der Waals surface area contributed by atoms with E-state index < -0.39 is 23.3 Å². The number of benzene rings is 3. The summed E-state index contributed by atoms with van der Waals surface area (Å²) in [5, 5.41) is -0.237. The first kappa shape index (κ1) is 20.4. The van der Waals surface area contributed by atoms with Crippen molar-refractivity contribution in [2.24, 2.45) is 17.3 Å². The molecule has 0 radical (unpaired) electrons. The van der Waals surface area contributed by atoms with Crippen molar-refractivity contribution in [2.75, 3.05) is 4.90 Å². The quantitative estimate of drug-likeness (QED) is 0.419. The smallest absolute Gasteiger partial charge is 0.186 e. The highest BCUT2D eigenvalue weighted by Gasteiger charge is 2.69. The first-order valence-electron chi connectivity index (χ1n) is 11.3. The van der Waals surface area contributed by atoms with Gasteiger partial charge in [0.05, 0.1) is 28.3 Å². The Morgan fingerprint density at radius 3 is 2.18 bits per heavy atom. The third kappa shape index (κ3) is 2.88. The highest BCUT2D eigenvalue weighted by molar-refractivity contribution is 8.00. The van der Waals surface area contributed by atoms with E-state index in [2.05, 4.69) is 4.90 Å². The summed E-state index contributed by atoms with van der Waals surface area (Å²) in [5.41, 5.74) is 1.37. The molecule has 4 nitrogen and oxygen atoms in total. The number of anilines is 1. The van der Waals surface area contributed by atoms with Crippen LogP contribution in [0.3, 0.4) is 0 Å². The first-order valence-corrected chi connectivity index (χ1v) is 12.1. The van der Waals surface area contributed by atoms with Crippen LogP contribution in [0.1, 0.15) is 22.8 Å². The topological polar surface area (TPSA) is 54.5 Å². The van der Waals surface area contributed by atoms with Crippen LogP contribution in [0, 0.1) is 17.3 Å². The van der Waals surface area contributed by atoms with Gasteiger partial charge in [-0.05, 0) is 31.0 Å². The number of hydrogen-bond acceptors (Lipinski definition) is 5. The number of rotatable bonds is 4. The standard InChI is InChI=1S/C28H23NO3S/c1-28(16-17-10-4-2-5-11-17)25(31)21-22(26(28)32)27-29(19-14-8-9-15-20(19)33-27)23(21)24(30)18-12-6-3-7-13-18/h2-15,21-23,27H,16H2,1H3/t21-,22-,23-,27+,28-/m1/s1. The van der Waals surface area contributed by atoms with Gasteiger partial charge in [0.1, 0.15) is 6.04 Å². The van der Waals surface area contributed by atoms with E-state index in [1.807, 2.05) is 72.8 Å². The number of carbonyl (C=O) groups excluding carboxylic acids is 3. The van der Waals surface area contributed by atoms with Gasteiger partial charge in [-0.25, -0.2) is 0 Å². The number of carbonyl (C=O) groups is 3. The van der Waals surface area contributed by atoms with Crippen molar-refractivity contribution in [2.45, 2.75) is 29.7 Å². The predicted molar refractivity (Wildman–Crippen MR) is 128 cm³/mol. The maximum atomic E-state index is 14.0. The molecule has 3 aromatic carbocycles. The molecule has 5 heteroatoms. The Hall–Kier alpha value is -3.18. The molecular weight excluding hydrogens is 430 g/mol. The zero-order valence-electron chi connectivity index (χ0n) is 18.2. The van der Waals surface area contributed by atoms with Gasteiger partial charge in [-0.3, -0.25) is 14.4 Å². The summed E-state index contributed by atoms with van der Waals surface area (Å²) in [6.45, 7) is 1.78. The van der Waals surface area contributed by atoms with Crippen LogP contribution < -0.4 is 4.90 Å². The van der Waals surface area contributed by atoms with Crippen LogP contribution >= 0.6 is 11.8 Å². The summed E-state index contributed by atoms with van der Waals surface area (Å²) >= 11 is 1.61. The number of thioether (sulfide) groups is 1. The largest absolute Gasteiger partial charge is 0.346 e. The van der Waals surface area contributed by atoms with Crippen LogP contribution in [0.2, 0.25) is 0 Å². The fourth-order valence-corrected chi connectivity index (χ4v) is 7.40. The molecule has 0 amide bonds. The monoisotopic (exact) mass is 453 g/mol. The van der Waals surface area contributed by atoms with Crippen LogP contribution in [0.25, 0.3) is 0 Å². The van der Waals surface area contributed by atoms with E-state index in [1.165, 1.54) is 0 Å². The zero-order valence-corrected chi connectivity index (χ0v) is 19.0. The van der Waals surface area contributed by atoms with Gasteiger partial charge in [0.2, 0.25) is 0 Å². The average Bonchev–Trinajstić information content (AvgIpc) is 3.43. The van der Waals surface area contributed by atoms with Crippen molar-refractivity contribution in [1.82, 2.24) is 0 Å². The maximum Gasteiger partial charge on any atom is 0.186 e. The molecule has 1 saturated carbocycles. The van der Waals surface area contributed by atoms with E-state index >= 15 is 0 Å². The zero-order chi connectivity index (χ0) is 22.7. The number of nitrogens with zero attached hydrogens (tertiary/aromatic N) is 1. The van der Waals surface area contributed by atoms with Gasteiger partial charge in [-0.2, -0.15) is 0 Å². The fourth-order valence-electron chi connectivity index (χ4n) is 5.89. The summed E-state index contributed by atoms with van der Waals surface area (Å²) in [6.07, 6.45) is 0.370. The maximum absolute atomic E-state index is 14.0. The van der Waals surface area contributed by atoms with Crippen molar-refractivity contribution >= 4 is 34.8 Å². The van der Waals surface area contributed by atoms with E-state index in [0.717, 1.165) is 16.1 Å². The molecule has 3 aromatic rings. The highest BCUT2D eigenvalue weighted by Crippen LogP contribution is 2.60. The molecule has 33 heavy (non-hydrogen) atoms. The number of hydrogen-bond donors (Lipinski definition) is 0. The molecule has 0 N–H and O–H groups in total. The van der Waals surface area contributed by atoms with Gasteiger partial charge in [-0.1, -0.05) is 84.6 Å². The van der Waals surface area contributed by atoms with Crippen LogP contribution in [0.15, 0.2) is 89.8 Å². The van der Waals surface area contributed by atoms with Gasteiger partial charge >= 0.3 is 0 Å². The minimum Gasteiger partial charge on any atom is -0.346 e. The van der Waals surface area contributed by atoms with Crippen molar-refractivity contribution in [1.29, 1.82) is 0 Å². The third-order valence-electron chi connectivity index (χ3n) is 7.42. The van der Waals surface area contributed by atoms with Crippen molar-refractivity contribution in [3.05, 3.63) is 96.1 Å². The normalized spacial score (nSPS) is 29.7. The molecular formula is C28H23NO3S. The molecule has 0 aromatic heterocycles. The lowest BCUT2D eigenvalue weighted by molar-refractivity contribution is -0.135. The molecule has 2 heterocycles. The Bertz CT molecular complexity index is 1270. The Morgan fingerprint density at radius 2 is 1.45 bits per heavy atom.